The van der Waals surface area contributed by atoms with E-state index in [4.69, 9.17) is 13.9 Å². The highest BCUT2D eigenvalue weighted by Gasteiger charge is 2.28. The summed E-state index contributed by atoms with van der Waals surface area (Å²) in [6.07, 6.45) is 0. The van der Waals surface area contributed by atoms with Gasteiger partial charge in [-0.1, -0.05) is 6.58 Å². The van der Waals surface area contributed by atoms with Crippen LogP contribution in [0.1, 0.15) is 18.1 Å². The lowest BCUT2D eigenvalue weighted by atomic mass is 9.99. The third-order valence-corrected chi connectivity index (χ3v) is 4.27. The average Bonchev–Trinajstić information content (AvgIpc) is 2.93. The van der Waals surface area contributed by atoms with Crippen LogP contribution < -0.4 is 9.47 Å². The van der Waals surface area contributed by atoms with Crippen molar-refractivity contribution in [3.8, 4) is 34.3 Å². The van der Waals surface area contributed by atoms with Crippen molar-refractivity contribution in [3.05, 3.63) is 42.0 Å². The van der Waals surface area contributed by atoms with Crippen molar-refractivity contribution in [2.45, 2.75) is 13.5 Å². The van der Waals surface area contributed by atoms with Gasteiger partial charge in [-0.05, 0) is 30.7 Å². The summed E-state index contributed by atoms with van der Waals surface area (Å²) in [5.41, 5.74) is 3.15. The summed E-state index contributed by atoms with van der Waals surface area (Å²) in [5.74, 6) is 1.61. The minimum absolute atomic E-state index is 0.204. The number of benzene rings is 2. The maximum atomic E-state index is 10.2. The van der Waals surface area contributed by atoms with Crippen LogP contribution in [0.2, 0.25) is 0 Å². The second-order valence-electron chi connectivity index (χ2n) is 5.84. The number of allylic oxidation sites excluding steroid dienone is 1. The maximum Gasteiger partial charge on any atom is 0.168 e. The van der Waals surface area contributed by atoms with E-state index in [0.717, 1.165) is 11.1 Å². The fraction of sp³-hybridized carbons (Fsp3) is 0.158. The first-order valence-corrected chi connectivity index (χ1v) is 7.48. The molecule has 1 aliphatic rings. The van der Waals surface area contributed by atoms with Crippen molar-refractivity contribution in [2.75, 3.05) is 7.11 Å². The molecule has 0 saturated carbocycles. The van der Waals surface area contributed by atoms with Crippen molar-refractivity contribution < 1.29 is 24.1 Å². The molecule has 1 aromatic heterocycles. The molecule has 0 radical (unpaired) electrons. The van der Waals surface area contributed by atoms with Crippen molar-refractivity contribution >= 4 is 16.5 Å². The molecule has 0 aliphatic carbocycles. The molecule has 5 heteroatoms. The molecule has 0 amide bonds. The van der Waals surface area contributed by atoms with Gasteiger partial charge in [0.05, 0.1) is 18.2 Å². The van der Waals surface area contributed by atoms with Gasteiger partial charge in [-0.15, -0.1) is 0 Å². The number of fused-ring (bicyclic) bond motifs is 5. The quantitative estimate of drug-likeness (QED) is 0.682. The van der Waals surface area contributed by atoms with E-state index < -0.39 is 0 Å². The summed E-state index contributed by atoms with van der Waals surface area (Å²) < 4.78 is 17.1. The molecule has 24 heavy (non-hydrogen) atoms. The summed E-state index contributed by atoms with van der Waals surface area (Å²) in [5, 5.41) is 20.9. The number of aromatic hydroxyl groups is 2. The monoisotopic (exact) mass is 324 g/mol. The number of ether oxygens (including phenoxy) is 2. The zero-order chi connectivity index (χ0) is 17.0. The van der Waals surface area contributed by atoms with E-state index in [2.05, 4.69) is 6.58 Å². The molecule has 122 valence electrons. The van der Waals surface area contributed by atoms with Crippen LogP contribution in [0, 0.1) is 0 Å². The largest absolute Gasteiger partial charge is 0.504 e. The minimum atomic E-state index is -0.225. The Balaban J connectivity index is 2.05. The number of phenols is 2. The van der Waals surface area contributed by atoms with E-state index >= 15 is 0 Å². The van der Waals surface area contributed by atoms with Crippen LogP contribution in [0.3, 0.4) is 0 Å². The molecule has 3 aromatic rings. The van der Waals surface area contributed by atoms with Crippen LogP contribution in [0.4, 0.5) is 0 Å². The molecule has 2 aromatic carbocycles. The summed E-state index contributed by atoms with van der Waals surface area (Å²) >= 11 is 0. The van der Waals surface area contributed by atoms with E-state index in [9.17, 15) is 10.2 Å². The topological polar surface area (TPSA) is 72.1 Å². The van der Waals surface area contributed by atoms with Gasteiger partial charge in [-0.2, -0.15) is 0 Å². The molecule has 0 atom stereocenters. The van der Waals surface area contributed by atoms with Crippen LogP contribution >= 0.6 is 0 Å². The van der Waals surface area contributed by atoms with Crippen LogP contribution in [-0.4, -0.2) is 17.3 Å². The fourth-order valence-corrected chi connectivity index (χ4v) is 3.10. The number of furan rings is 1. The normalized spacial score (nSPS) is 12.4. The molecule has 0 bridgehead atoms. The molecule has 0 spiro atoms. The second-order valence-corrected chi connectivity index (χ2v) is 5.84. The van der Waals surface area contributed by atoms with Crippen molar-refractivity contribution in [1.29, 1.82) is 0 Å². The Hall–Kier alpha value is -3.08. The fourth-order valence-electron chi connectivity index (χ4n) is 3.10. The molecule has 0 unspecified atom stereocenters. The summed E-state index contributed by atoms with van der Waals surface area (Å²) in [4.78, 5) is 0. The molecule has 0 fully saturated rings. The lowest BCUT2D eigenvalue weighted by molar-refractivity contribution is 0.297. The standard InChI is InChI=1S/C19H16O5/c1-9(2)16-17(21)14(20)7-12-13-8-23-15-6-10(22-3)4-5-11(15)18(13)24-19(12)16/h4-7,20-21H,1,8H2,2-3H3. The van der Waals surface area contributed by atoms with Crippen LogP contribution in [0.15, 0.2) is 35.3 Å². The highest BCUT2D eigenvalue weighted by Crippen LogP contribution is 2.48. The third-order valence-electron chi connectivity index (χ3n) is 4.27. The molecule has 1 aliphatic heterocycles. The van der Waals surface area contributed by atoms with Crippen LogP contribution in [-0.2, 0) is 6.61 Å². The van der Waals surface area contributed by atoms with E-state index in [-0.39, 0.29) is 11.5 Å². The van der Waals surface area contributed by atoms with Gasteiger partial charge in [0.25, 0.3) is 0 Å². The zero-order valence-corrected chi connectivity index (χ0v) is 13.3. The molecular formula is C19H16O5. The zero-order valence-electron chi connectivity index (χ0n) is 13.3. The summed E-state index contributed by atoms with van der Waals surface area (Å²) in [6.45, 7) is 5.93. The number of rotatable bonds is 2. The minimum Gasteiger partial charge on any atom is -0.504 e. The van der Waals surface area contributed by atoms with E-state index in [0.29, 0.717) is 46.0 Å². The van der Waals surface area contributed by atoms with Gasteiger partial charge in [-0.25, -0.2) is 0 Å². The Morgan fingerprint density at radius 1 is 1.25 bits per heavy atom. The predicted octanol–water partition coefficient (Wildman–Crippen LogP) is 4.45. The Morgan fingerprint density at radius 3 is 2.75 bits per heavy atom. The number of hydrogen-bond acceptors (Lipinski definition) is 5. The van der Waals surface area contributed by atoms with Gasteiger partial charge in [-0.3, -0.25) is 0 Å². The lowest BCUT2D eigenvalue weighted by Gasteiger charge is -2.17. The van der Waals surface area contributed by atoms with Crippen molar-refractivity contribution in [3.63, 3.8) is 0 Å². The smallest absolute Gasteiger partial charge is 0.168 e. The van der Waals surface area contributed by atoms with Gasteiger partial charge in [0, 0.05) is 17.0 Å². The predicted molar refractivity (Wildman–Crippen MR) is 90.6 cm³/mol. The number of phenolic OH excluding ortho intramolecular Hbond substituents is 2. The summed E-state index contributed by atoms with van der Waals surface area (Å²) in [7, 11) is 1.60. The molecule has 0 saturated heterocycles. The Labute approximate surface area is 138 Å². The Kier molecular flexibility index (Phi) is 3.00. The number of hydrogen-bond donors (Lipinski definition) is 2. The van der Waals surface area contributed by atoms with Crippen LogP contribution in [0.5, 0.6) is 23.0 Å². The third kappa shape index (κ3) is 1.88. The second kappa shape index (κ2) is 4.96. The molecular weight excluding hydrogens is 308 g/mol. The molecule has 2 heterocycles. The lowest BCUT2D eigenvalue weighted by Crippen LogP contribution is -2.03. The highest BCUT2D eigenvalue weighted by molar-refractivity contribution is 5.99. The average molecular weight is 324 g/mol. The SMILES string of the molecule is C=C(C)c1c(O)c(O)cc2c3c(oc12)-c1ccc(OC)cc1OC3. The van der Waals surface area contributed by atoms with Crippen molar-refractivity contribution in [2.24, 2.45) is 0 Å². The molecule has 2 N–H and O–H groups in total. The highest BCUT2D eigenvalue weighted by atomic mass is 16.5. The van der Waals surface area contributed by atoms with Gasteiger partial charge in [0.2, 0.25) is 0 Å². The van der Waals surface area contributed by atoms with E-state index in [1.807, 2.05) is 12.1 Å². The van der Waals surface area contributed by atoms with Crippen molar-refractivity contribution in [1.82, 2.24) is 0 Å². The maximum absolute atomic E-state index is 10.2. The molecule has 4 rings (SSSR count). The van der Waals surface area contributed by atoms with E-state index in [1.54, 1.807) is 20.1 Å². The van der Waals surface area contributed by atoms with E-state index in [1.165, 1.54) is 6.07 Å². The first-order chi connectivity index (χ1) is 11.5. The van der Waals surface area contributed by atoms with Crippen LogP contribution in [0.25, 0.3) is 27.9 Å². The number of methoxy groups -OCH3 is 1. The summed E-state index contributed by atoms with van der Waals surface area (Å²) in [6, 6.07) is 7.01. The first-order valence-electron chi connectivity index (χ1n) is 7.48. The Morgan fingerprint density at radius 2 is 2.04 bits per heavy atom. The van der Waals surface area contributed by atoms with Gasteiger partial charge in [0.15, 0.2) is 11.5 Å². The first kappa shape index (κ1) is 14.5. The Bertz CT molecular complexity index is 997. The van der Waals surface area contributed by atoms with Gasteiger partial charge in [0.1, 0.15) is 29.4 Å². The van der Waals surface area contributed by atoms with Gasteiger partial charge >= 0.3 is 0 Å². The molecule has 5 nitrogen and oxygen atoms in total. The van der Waals surface area contributed by atoms with Gasteiger partial charge < -0.3 is 24.1 Å².